The molecule has 0 spiro atoms. The zero-order valence-electron chi connectivity index (χ0n) is 7.22. The summed E-state index contributed by atoms with van der Waals surface area (Å²) in [6, 6.07) is 0. The van der Waals surface area contributed by atoms with Gasteiger partial charge in [-0.05, 0) is 25.8 Å². The van der Waals surface area contributed by atoms with E-state index in [-0.39, 0.29) is 12.4 Å². The van der Waals surface area contributed by atoms with Crippen LogP contribution in [-0.2, 0) is 0 Å². The maximum Gasteiger partial charge on any atom is -0.00773 e. The van der Waals surface area contributed by atoms with Crippen molar-refractivity contribution in [3.8, 4) is 0 Å². The Bertz CT molecular complexity index is 74.0. The lowest BCUT2D eigenvalue weighted by Crippen LogP contribution is -1.97. The summed E-state index contributed by atoms with van der Waals surface area (Å²) in [6.07, 6.45) is 9.62. The van der Waals surface area contributed by atoms with Gasteiger partial charge in [0.25, 0.3) is 0 Å². The zero-order chi connectivity index (χ0) is 7.66. The minimum Gasteiger partial charge on any atom is -0.330 e. The minimum absolute atomic E-state index is 0. The molecule has 0 heterocycles. The molecule has 68 valence electrons. The predicted octanol–water partition coefficient (Wildman–Crippen LogP) is 2.89. The van der Waals surface area contributed by atoms with Gasteiger partial charge in [-0.25, -0.2) is 0 Å². The van der Waals surface area contributed by atoms with Crippen LogP contribution in [0.25, 0.3) is 0 Å². The molecule has 1 nitrogen and oxygen atoms in total. The number of rotatable bonds is 7. The molecular formula is C9H20ClN. The van der Waals surface area contributed by atoms with Gasteiger partial charge in [0.1, 0.15) is 0 Å². The van der Waals surface area contributed by atoms with Crippen molar-refractivity contribution in [3.63, 3.8) is 0 Å². The zero-order valence-corrected chi connectivity index (χ0v) is 8.04. The molecule has 0 aliphatic carbocycles. The quantitative estimate of drug-likeness (QED) is 0.470. The van der Waals surface area contributed by atoms with Gasteiger partial charge in [-0.2, -0.15) is 0 Å². The third-order valence-corrected chi connectivity index (χ3v) is 1.61. The van der Waals surface area contributed by atoms with Crippen LogP contribution >= 0.6 is 12.4 Å². The Morgan fingerprint density at radius 1 is 1.00 bits per heavy atom. The van der Waals surface area contributed by atoms with Crippen LogP contribution in [0.5, 0.6) is 0 Å². The smallest absolute Gasteiger partial charge is 0.00773 e. The molecule has 2 heteroatoms. The van der Waals surface area contributed by atoms with Crippen LogP contribution in [-0.4, -0.2) is 6.54 Å². The number of halogens is 1. The summed E-state index contributed by atoms with van der Waals surface area (Å²) in [4.78, 5) is 0. The lowest BCUT2D eigenvalue weighted by molar-refractivity contribution is 0.623. The molecule has 0 radical (unpaired) electrons. The summed E-state index contributed by atoms with van der Waals surface area (Å²) in [5.74, 6) is 0. The van der Waals surface area contributed by atoms with E-state index in [2.05, 4.69) is 6.58 Å². The number of hydrogen-bond donors (Lipinski definition) is 1. The van der Waals surface area contributed by atoms with Crippen molar-refractivity contribution in [3.05, 3.63) is 12.7 Å². The standard InChI is InChI=1S/C9H19N.ClH/c1-2-3-4-5-6-7-8-9-10;/h2H,1,3-10H2;1H. The highest BCUT2D eigenvalue weighted by Gasteiger charge is 1.86. The molecule has 0 rings (SSSR count). The second-order valence-corrected chi connectivity index (χ2v) is 2.63. The Labute approximate surface area is 76.5 Å². The number of allylic oxidation sites excluding steroid dienone is 1. The number of hydrogen-bond acceptors (Lipinski definition) is 1. The third kappa shape index (κ3) is 13.1. The van der Waals surface area contributed by atoms with E-state index in [1.165, 1.54) is 38.5 Å². The summed E-state index contributed by atoms with van der Waals surface area (Å²) in [5, 5.41) is 0. The van der Waals surface area contributed by atoms with Crippen LogP contribution in [0.15, 0.2) is 12.7 Å². The lowest BCUT2D eigenvalue weighted by atomic mass is 10.1. The van der Waals surface area contributed by atoms with Crippen LogP contribution < -0.4 is 5.73 Å². The maximum absolute atomic E-state index is 5.35. The van der Waals surface area contributed by atoms with E-state index in [1.807, 2.05) is 6.08 Å². The molecule has 0 unspecified atom stereocenters. The van der Waals surface area contributed by atoms with Crippen molar-refractivity contribution in [2.24, 2.45) is 5.73 Å². The topological polar surface area (TPSA) is 26.0 Å². The highest BCUT2D eigenvalue weighted by atomic mass is 35.5. The molecule has 0 bridgehead atoms. The Morgan fingerprint density at radius 2 is 1.55 bits per heavy atom. The van der Waals surface area contributed by atoms with Gasteiger partial charge in [-0.1, -0.05) is 25.3 Å². The van der Waals surface area contributed by atoms with E-state index < -0.39 is 0 Å². The van der Waals surface area contributed by atoms with Gasteiger partial charge in [0, 0.05) is 0 Å². The summed E-state index contributed by atoms with van der Waals surface area (Å²) in [6.45, 7) is 4.52. The Kier molecular flexibility index (Phi) is 15.6. The summed E-state index contributed by atoms with van der Waals surface area (Å²) < 4.78 is 0. The molecule has 2 N–H and O–H groups in total. The second-order valence-electron chi connectivity index (χ2n) is 2.63. The van der Waals surface area contributed by atoms with Crippen molar-refractivity contribution in [1.82, 2.24) is 0 Å². The van der Waals surface area contributed by atoms with Crippen molar-refractivity contribution in [2.75, 3.05) is 6.54 Å². The fourth-order valence-corrected chi connectivity index (χ4v) is 0.963. The van der Waals surface area contributed by atoms with Gasteiger partial charge < -0.3 is 5.73 Å². The lowest BCUT2D eigenvalue weighted by Gasteiger charge is -1.96. The van der Waals surface area contributed by atoms with Crippen LogP contribution in [0.2, 0.25) is 0 Å². The predicted molar refractivity (Wildman–Crippen MR) is 54.2 cm³/mol. The second kappa shape index (κ2) is 12.6. The largest absolute Gasteiger partial charge is 0.330 e. The van der Waals surface area contributed by atoms with E-state index in [0.717, 1.165) is 6.54 Å². The summed E-state index contributed by atoms with van der Waals surface area (Å²) in [7, 11) is 0. The highest BCUT2D eigenvalue weighted by Crippen LogP contribution is 2.04. The van der Waals surface area contributed by atoms with E-state index in [9.17, 15) is 0 Å². The van der Waals surface area contributed by atoms with Gasteiger partial charge in [0.15, 0.2) is 0 Å². The van der Waals surface area contributed by atoms with Crippen LogP contribution in [0.4, 0.5) is 0 Å². The normalized spacial score (nSPS) is 8.82. The molecule has 0 atom stereocenters. The monoisotopic (exact) mass is 177 g/mol. The molecule has 0 aliphatic heterocycles. The van der Waals surface area contributed by atoms with Crippen molar-refractivity contribution >= 4 is 12.4 Å². The first-order valence-corrected chi connectivity index (χ1v) is 4.22. The van der Waals surface area contributed by atoms with Gasteiger partial charge in [-0.3, -0.25) is 0 Å². The van der Waals surface area contributed by atoms with Gasteiger partial charge in [0.2, 0.25) is 0 Å². The van der Waals surface area contributed by atoms with Crippen LogP contribution in [0.3, 0.4) is 0 Å². The first-order chi connectivity index (χ1) is 4.91. The molecule has 0 fully saturated rings. The van der Waals surface area contributed by atoms with E-state index in [0.29, 0.717) is 0 Å². The Balaban J connectivity index is 0. The third-order valence-electron chi connectivity index (χ3n) is 1.61. The SMILES string of the molecule is C=CCCCCCCCN.Cl. The van der Waals surface area contributed by atoms with Gasteiger partial charge >= 0.3 is 0 Å². The molecule has 0 saturated carbocycles. The van der Waals surface area contributed by atoms with Crippen LogP contribution in [0.1, 0.15) is 38.5 Å². The minimum atomic E-state index is 0. The first kappa shape index (κ1) is 13.6. The molecular weight excluding hydrogens is 158 g/mol. The molecule has 0 aromatic rings. The molecule has 0 amide bonds. The van der Waals surface area contributed by atoms with Crippen molar-refractivity contribution < 1.29 is 0 Å². The van der Waals surface area contributed by atoms with E-state index in [4.69, 9.17) is 5.73 Å². The summed E-state index contributed by atoms with van der Waals surface area (Å²) >= 11 is 0. The first-order valence-electron chi connectivity index (χ1n) is 4.22. The summed E-state index contributed by atoms with van der Waals surface area (Å²) in [5.41, 5.74) is 5.35. The molecule has 0 aromatic heterocycles. The maximum atomic E-state index is 5.35. The molecule has 0 aromatic carbocycles. The van der Waals surface area contributed by atoms with Crippen molar-refractivity contribution in [2.45, 2.75) is 38.5 Å². The highest BCUT2D eigenvalue weighted by molar-refractivity contribution is 5.85. The van der Waals surface area contributed by atoms with E-state index in [1.54, 1.807) is 0 Å². The van der Waals surface area contributed by atoms with Gasteiger partial charge in [0.05, 0.1) is 0 Å². The fraction of sp³-hybridized carbons (Fsp3) is 0.778. The Hall–Kier alpha value is -0.0100. The molecule has 0 aliphatic rings. The van der Waals surface area contributed by atoms with Gasteiger partial charge in [-0.15, -0.1) is 19.0 Å². The van der Waals surface area contributed by atoms with Crippen molar-refractivity contribution in [1.29, 1.82) is 0 Å². The number of nitrogens with two attached hydrogens (primary N) is 1. The fourth-order valence-electron chi connectivity index (χ4n) is 0.963. The van der Waals surface area contributed by atoms with Crippen LogP contribution in [0, 0.1) is 0 Å². The van der Waals surface area contributed by atoms with E-state index >= 15 is 0 Å². The average molecular weight is 178 g/mol. The Morgan fingerprint density at radius 3 is 2.09 bits per heavy atom. The number of unbranched alkanes of at least 4 members (excludes halogenated alkanes) is 5. The average Bonchev–Trinajstić information content (AvgIpc) is 1.97. The molecule has 11 heavy (non-hydrogen) atoms. The molecule has 0 saturated heterocycles.